The highest BCUT2D eigenvalue weighted by Gasteiger charge is 2.16. The number of rotatable bonds is 7. The quantitative estimate of drug-likeness (QED) is 0.567. The van der Waals surface area contributed by atoms with Gasteiger partial charge in [-0.1, -0.05) is 0 Å². The number of esters is 1. The zero-order valence-electron chi connectivity index (χ0n) is 16.3. The summed E-state index contributed by atoms with van der Waals surface area (Å²) < 4.78 is 6.80. The van der Waals surface area contributed by atoms with Crippen molar-refractivity contribution in [3.63, 3.8) is 0 Å². The molecule has 0 aromatic carbocycles. The first-order chi connectivity index (χ1) is 13.8. The summed E-state index contributed by atoms with van der Waals surface area (Å²) in [4.78, 5) is 39.8. The van der Waals surface area contributed by atoms with Crippen LogP contribution in [0.25, 0.3) is 5.65 Å². The molecule has 3 aromatic rings. The average Bonchev–Trinajstić information content (AvgIpc) is 3.25. The Morgan fingerprint density at radius 3 is 2.76 bits per heavy atom. The fourth-order valence-corrected chi connectivity index (χ4v) is 3.82. The molecule has 9 nitrogen and oxygen atoms in total. The van der Waals surface area contributed by atoms with Gasteiger partial charge in [-0.25, -0.2) is 9.50 Å². The van der Waals surface area contributed by atoms with Crippen LogP contribution in [0.1, 0.15) is 39.4 Å². The molecule has 0 aliphatic heterocycles. The van der Waals surface area contributed by atoms with Crippen molar-refractivity contribution in [1.29, 1.82) is 0 Å². The first kappa shape index (κ1) is 20.5. The molecule has 0 unspecified atom stereocenters. The Labute approximate surface area is 170 Å². The highest BCUT2D eigenvalue weighted by molar-refractivity contribution is 7.14. The molecule has 0 aliphatic rings. The number of nitrogens with one attached hydrogen (secondary N) is 1. The summed E-state index contributed by atoms with van der Waals surface area (Å²) in [5.74, 6) is -1.68. The molecule has 3 aromatic heterocycles. The number of anilines is 1. The van der Waals surface area contributed by atoms with E-state index in [1.165, 1.54) is 17.4 Å². The van der Waals surface area contributed by atoms with Gasteiger partial charge in [0.05, 0.1) is 11.3 Å². The molecule has 2 amide bonds. The van der Waals surface area contributed by atoms with Gasteiger partial charge in [0.2, 0.25) is 0 Å². The van der Waals surface area contributed by atoms with Gasteiger partial charge in [-0.15, -0.1) is 11.3 Å². The van der Waals surface area contributed by atoms with E-state index in [1.54, 1.807) is 9.90 Å². The van der Waals surface area contributed by atoms with E-state index in [0.29, 0.717) is 11.4 Å². The molecule has 0 fully saturated rings. The SMILES string of the molecule is Cc1cc2nc(C)c(CCC(=O)OCC(=O)Nc3sccc3C(N)=O)c(C)n2n1. The van der Waals surface area contributed by atoms with Gasteiger partial charge in [0.25, 0.3) is 11.8 Å². The van der Waals surface area contributed by atoms with Gasteiger partial charge >= 0.3 is 5.97 Å². The van der Waals surface area contributed by atoms with E-state index in [-0.39, 0.29) is 12.0 Å². The molecule has 0 atom stereocenters. The lowest BCUT2D eigenvalue weighted by atomic mass is 10.1. The van der Waals surface area contributed by atoms with Crippen LogP contribution in [0.3, 0.4) is 0 Å². The van der Waals surface area contributed by atoms with Crippen molar-refractivity contribution < 1.29 is 19.1 Å². The molecule has 3 N–H and O–H groups in total. The van der Waals surface area contributed by atoms with Crippen molar-refractivity contribution in [2.24, 2.45) is 5.73 Å². The lowest BCUT2D eigenvalue weighted by Crippen LogP contribution is -2.22. The number of carbonyl (C=O) groups excluding carboxylic acids is 3. The molecule has 0 bridgehead atoms. The fraction of sp³-hybridized carbons (Fsp3) is 0.316. The molecular weight excluding hydrogens is 394 g/mol. The lowest BCUT2D eigenvalue weighted by Gasteiger charge is -2.11. The van der Waals surface area contributed by atoms with Gasteiger partial charge in [0, 0.05) is 23.9 Å². The number of carbonyl (C=O) groups is 3. The Bertz CT molecular complexity index is 1100. The lowest BCUT2D eigenvalue weighted by molar-refractivity contribution is -0.147. The third kappa shape index (κ3) is 4.60. The molecule has 0 aliphatic carbocycles. The van der Waals surface area contributed by atoms with Crippen LogP contribution >= 0.6 is 11.3 Å². The largest absolute Gasteiger partial charge is 0.456 e. The molecule has 3 rings (SSSR count). The topological polar surface area (TPSA) is 129 Å². The molecule has 0 saturated heterocycles. The normalized spacial score (nSPS) is 10.9. The van der Waals surface area contributed by atoms with Crippen LogP contribution in [0.4, 0.5) is 5.00 Å². The maximum absolute atomic E-state index is 12.1. The van der Waals surface area contributed by atoms with Crippen LogP contribution in [0, 0.1) is 20.8 Å². The van der Waals surface area contributed by atoms with E-state index < -0.39 is 24.4 Å². The predicted molar refractivity (Wildman–Crippen MR) is 108 cm³/mol. The van der Waals surface area contributed by atoms with Crippen LogP contribution in [-0.4, -0.2) is 39.0 Å². The van der Waals surface area contributed by atoms with E-state index in [1.807, 2.05) is 26.8 Å². The number of nitrogens with zero attached hydrogens (tertiary/aromatic N) is 3. The summed E-state index contributed by atoms with van der Waals surface area (Å²) in [5.41, 5.74) is 9.76. The second-order valence-corrected chi connectivity index (χ2v) is 7.47. The number of amides is 2. The Balaban J connectivity index is 1.55. The van der Waals surface area contributed by atoms with Gasteiger partial charge < -0.3 is 15.8 Å². The van der Waals surface area contributed by atoms with E-state index in [2.05, 4.69) is 15.4 Å². The highest BCUT2D eigenvalue weighted by Crippen LogP contribution is 2.22. The molecule has 3 heterocycles. The highest BCUT2D eigenvalue weighted by atomic mass is 32.1. The van der Waals surface area contributed by atoms with E-state index >= 15 is 0 Å². The number of hydrogen-bond donors (Lipinski definition) is 2. The van der Waals surface area contributed by atoms with Crippen molar-refractivity contribution in [3.05, 3.63) is 45.7 Å². The summed E-state index contributed by atoms with van der Waals surface area (Å²) in [6.45, 7) is 5.27. The number of aromatic nitrogens is 3. The van der Waals surface area contributed by atoms with Crippen LogP contribution in [-0.2, 0) is 20.7 Å². The van der Waals surface area contributed by atoms with Gasteiger partial charge in [-0.2, -0.15) is 5.10 Å². The smallest absolute Gasteiger partial charge is 0.306 e. The summed E-state index contributed by atoms with van der Waals surface area (Å²) in [6, 6.07) is 3.42. The van der Waals surface area contributed by atoms with Gasteiger partial charge in [0.15, 0.2) is 12.3 Å². The summed E-state index contributed by atoms with van der Waals surface area (Å²) in [7, 11) is 0. The van der Waals surface area contributed by atoms with Crippen molar-refractivity contribution >= 4 is 39.8 Å². The van der Waals surface area contributed by atoms with Gasteiger partial charge in [-0.05, 0) is 44.2 Å². The number of nitrogens with two attached hydrogens (primary N) is 1. The van der Waals surface area contributed by atoms with Crippen molar-refractivity contribution in [2.75, 3.05) is 11.9 Å². The van der Waals surface area contributed by atoms with Crippen molar-refractivity contribution in [2.45, 2.75) is 33.6 Å². The molecule has 29 heavy (non-hydrogen) atoms. The van der Waals surface area contributed by atoms with E-state index in [9.17, 15) is 14.4 Å². The molecule has 10 heteroatoms. The summed E-state index contributed by atoms with van der Waals surface area (Å²) in [5, 5.41) is 8.90. The fourth-order valence-electron chi connectivity index (χ4n) is 3.01. The minimum atomic E-state index is -0.637. The standard InChI is InChI=1S/C19H21N5O4S/c1-10-8-15-21-11(2)13(12(3)24(15)23-10)4-5-17(26)28-9-16(25)22-19-14(18(20)27)6-7-29-19/h6-8H,4-5,9H2,1-3H3,(H2,20,27)(H,22,25). The van der Waals surface area contributed by atoms with Crippen molar-refractivity contribution in [3.8, 4) is 0 Å². The Kier molecular flexibility index (Phi) is 5.92. The van der Waals surface area contributed by atoms with Crippen LogP contribution < -0.4 is 11.1 Å². The number of aryl methyl sites for hydroxylation is 3. The van der Waals surface area contributed by atoms with Crippen LogP contribution in [0.5, 0.6) is 0 Å². The van der Waals surface area contributed by atoms with Crippen LogP contribution in [0.15, 0.2) is 17.5 Å². The third-order valence-electron chi connectivity index (χ3n) is 4.41. The Morgan fingerprint density at radius 1 is 1.28 bits per heavy atom. The summed E-state index contributed by atoms with van der Waals surface area (Å²) in [6.07, 6.45) is 0.532. The monoisotopic (exact) mass is 415 g/mol. The minimum Gasteiger partial charge on any atom is -0.456 e. The second kappa shape index (κ2) is 8.39. The maximum Gasteiger partial charge on any atom is 0.306 e. The number of hydrogen-bond acceptors (Lipinski definition) is 7. The molecular formula is C19H21N5O4S. The van der Waals surface area contributed by atoms with Gasteiger partial charge in [-0.3, -0.25) is 14.4 Å². The number of ether oxygens (including phenoxy) is 1. The molecule has 0 spiro atoms. The molecule has 0 radical (unpaired) electrons. The third-order valence-corrected chi connectivity index (χ3v) is 5.24. The minimum absolute atomic E-state index is 0.105. The molecule has 152 valence electrons. The number of thiophene rings is 1. The number of fused-ring (bicyclic) bond motifs is 1. The van der Waals surface area contributed by atoms with E-state index in [4.69, 9.17) is 10.5 Å². The van der Waals surface area contributed by atoms with Gasteiger partial charge in [0.1, 0.15) is 5.00 Å². The van der Waals surface area contributed by atoms with Crippen LogP contribution in [0.2, 0.25) is 0 Å². The first-order valence-corrected chi connectivity index (χ1v) is 9.79. The Morgan fingerprint density at radius 2 is 2.03 bits per heavy atom. The second-order valence-electron chi connectivity index (χ2n) is 6.55. The first-order valence-electron chi connectivity index (χ1n) is 8.91. The Hall–Kier alpha value is -3.27. The predicted octanol–water partition coefficient (Wildman–Crippen LogP) is 1.93. The summed E-state index contributed by atoms with van der Waals surface area (Å²) >= 11 is 1.17. The van der Waals surface area contributed by atoms with Crippen molar-refractivity contribution in [1.82, 2.24) is 14.6 Å². The zero-order chi connectivity index (χ0) is 21.1. The average molecular weight is 415 g/mol. The van der Waals surface area contributed by atoms with E-state index in [0.717, 1.165) is 28.3 Å². The molecule has 0 saturated carbocycles. The maximum atomic E-state index is 12.1. The zero-order valence-corrected chi connectivity index (χ0v) is 17.1. The number of primary amides is 1.